The van der Waals surface area contributed by atoms with Crippen LogP contribution in [0.1, 0.15) is 57.4 Å². The van der Waals surface area contributed by atoms with Crippen LogP contribution in [0.15, 0.2) is 24.3 Å². The van der Waals surface area contributed by atoms with Crippen LogP contribution >= 0.6 is 0 Å². The van der Waals surface area contributed by atoms with E-state index in [4.69, 9.17) is 30.4 Å². The number of phenols is 1. The average molecular weight is 760 g/mol. The van der Waals surface area contributed by atoms with E-state index in [0.29, 0.717) is 30.2 Å². The van der Waals surface area contributed by atoms with E-state index < -0.39 is 23.3 Å². The molecule has 4 unspecified atom stereocenters. The molecule has 2 aliphatic carbocycles. The molecule has 0 bridgehead atoms. The molecule has 4 atom stereocenters. The van der Waals surface area contributed by atoms with Crippen molar-refractivity contribution in [3.8, 4) is 41.2 Å². The zero-order chi connectivity index (χ0) is 38.6. The van der Waals surface area contributed by atoms with Crippen LogP contribution in [-0.4, -0.2) is 119 Å². The number of ether oxygens (including phenoxy) is 4. The summed E-state index contributed by atoms with van der Waals surface area (Å²) in [4.78, 5) is 18.5. The van der Waals surface area contributed by atoms with Crippen molar-refractivity contribution in [2.24, 2.45) is 5.41 Å². The Morgan fingerprint density at radius 3 is 2.64 bits per heavy atom. The molecule has 3 N–H and O–H groups in total. The standard InChI is InChI=1S/C41H47F2N5O7/c1-5-28-30(42)10-9-23-14-25(50)17-29(32(23)28)35-34(43)36-33(38(44-35)53-4)37(47-18-27(19-49)54-21-40(2,51)20-47)46-39(45-36)55-22-41-11-6-8-31(41)48(13-7-12-41)24-15-26(16-24)52-3/h1,9-10,14,17,24,26-27,31,49-51H,6-8,11-13,15-16,18-22H2,2-4H3. The summed E-state index contributed by atoms with van der Waals surface area (Å²) in [5.74, 6) is 0.665. The summed E-state index contributed by atoms with van der Waals surface area (Å²) in [6, 6.07) is 6.04. The second kappa shape index (κ2) is 14.6. The minimum absolute atomic E-state index is 0.00834. The van der Waals surface area contributed by atoms with Crippen LogP contribution in [0.25, 0.3) is 32.9 Å². The van der Waals surface area contributed by atoms with Crippen LogP contribution in [-0.2, 0) is 9.47 Å². The normalized spacial score (nSPS) is 28.4. The third-order valence-corrected chi connectivity index (χ3v) is 12.2. The number of aromatic hydroxyl groups is 1. The maximum absolute atomic E-state index is 17.4. The number of methoxy groups -OCH3 is 2. The number of pyridine rings is 1. The van der Waals surface area contributed by atoms with Gasteiger partial charge in [-0.25, -0.2) is 13.8 Å². The van der Waals surface area contributed by atoms with E-state index in [1.54, 1.807) is 18.9 Å². The van der Waals surface area contributed by atoms with Gasteiger partial charge < -0.3 is 39.2 Å². The molecule has 12 nitrogen and oxygen atoms in total. The lowest BCUT2D eigenvalue weighted by Gasteiger charge is -2.53. The lowest BCUT2D eigenvalue weighted by molar-refractivity contribution is -0.0845. The number of phenolic OH excluding ortho intramolecular Hbond substituents is 1. The topological polar surface area (TPSA) is 143 Å². The summed E-state index contributed by atoms with van der Waals surface area (Å²) in [5, 5.41) is 32.8. The number of β-amino-alcohol motifs (C(OH)–C–C–N with tert-alkyl or cyclic N) is 1. The highest BCUT2D eigenvalue weighted by atomic mass is 19.1. The van der Waals surface area contributed by atoms with Crippen LogP contribution < -0.4 is 14.4 Å². The van der Waals surface area contributed by atoms with Gasteiger partial charge in [0.25, 0.3) is 0 Å². The highest BCUT2D eigenvalue weighted by Crippen LogP contribution is 2.51. The fraction of sp³-hybridized carbons (Fsp3) is 0.537. The Hall–Kier alpha value is -4.39. The minimum Gasteiger partial charge on any atom is -0.508 e. The highest BCUT2D eigenvalue weighted by molar-refractivity contribution is 6.04. The molecular weight excluding hydrogens is 712 g/mol. The number of halogens is 2. The number of hydrogen-bond donors (Lipinski definition) is 3. The summed E-state index contributed by atoms with van der Waals surface area (Å²) in [6.07, 6.45) is 12.5. The Morgan fingerprint density at radius 1 is 1.09 bits per heavy atom. The predicted molar refractivity (Wildman–Crippen MR) is 201 cm³/mol. The monoisotopic (exact) mass is 759 g/mol. The second-order valence-electron chi connectivity index (χ2n) is 15.9. The number of fused-ring (bicyclic) bond motifs is 3. The molecule has 2 aromatic heterocycles. The van der Waals surface area contributed by atoms with E-state index >= 15 is 8.78 Å². The number of benzene rings is 2. The molecule has 14 heteroatoms. The molecule has 4 fully saturated rings. The fourth-order valence-electron chi connectivity index (χ4n) is 9.45. The molecule has 8 rings (SSSR count). The van der Waals surface area contributed by atoms with Crippen molar-refractivity contribution in [3.63, 3.8) is 0 Å². The molecule has 4 heterocycles. The van der Waals surface area contributed by atoms with E-state index in [9.17, 15) is 15.3 Å². The van der Waals surface area contributed by atoms with Crippen LogP contribution in [0.4, 0.5) is 14.6 Å². The molecule has 0 radical (unpaired) electrons. The molecular formula is C41H47F2N5O7. The van der Waals surface area contributed by atoms with Gasteiger partial charge in [-0.1, -0.05) is 18.4 Å². The van der Waals surface area contributed by atoms with Crippen LogP contribution in [0.5, 0.6) is 17.6 Å². The number of rotatable bonds is 9. The van der Waals surface area contributed by atoms with E-state index in [1.807, 2.05) is 0 Å². The number of likely N-dealkylation sites (tertiary alicyclic amines) is 1. The van der Waals surface area contributed by atoms with Gasteiger partial charge in [0.15, 0.2) is 5.82 Å². The highest BCUT2D eigenvalue weighted by Gasteiger charge is 2.52. The fourth-order valence-corrected chi connectivity index (χ4v) is 9.45. The van der Waals surface area contributed by atoms with Gasteiger partial charge in [0.05, 0.1) is 51.2 Å². The summed E-state index contributed by atoms with van der Waals surface area (Å²) < 4.78 is 56.3. The molecule has 4 aromatic rings. The molecule has 2 aliphatic heterocycles. The van der Waals surface area contributed by atoms with E-state index in [1.165, 1.54) is 31.4 Å². The number of aromatic nitrogens is 3. The lowest BCUT2D eigenvalue weighted by Crippen LogP contribution is -2.59. The Kier molecular flexibility index (Phi) is 9.96. The first-order chi connectivity index (χ1) is 26.5. The van der Waals surface area contributed by atoms with Gasteiger partial charge in [-0.3, -0.25) is 4.90 Å². The molecule has 292 valence electrons. The quantitative estimate of drug-likeness (QED) is 0.199. The Labute approximate surface area is 318 Å². The van der Waals surface area contributed by atoms with Crippen LogP contribution in [0, 0.1) is 29.4 Å². The van der Waals surface area contributed by atoms with E-state index in [-0.39, 0.29) is 88.3 Å². The van der Waals surface area contributed by atoms with Crippen molar-refractivity contribution in [1.82, 2.24) is 19.9 Å². The van der Waals surface area contributed by atoms with Crippen LogP contribution in [0.2, 0.25) is 0 Å². The maximum Gasteiger partial charge on any atom is 0.319 e. The van der Waals surface area contributed by atoms with E-state index in [0.717, 1.165) is 51.5 Å². The lowest BCUT2D eigenvalue weighted by atomic mass is 9.73. The summed E-state index contributed by atoms with van der Waals surface area (Å²) in [5.41, 5.74) is -2.08. The average Bonchev–Trinajstić information content (AvgIpc) is 3.52. The minimum atomic E-state index is -1.37. The van der Waals surface area contributed by atoms with Gasteiger partial charge in [-0.15, -0.1) is 6.42 Å². The van der Waals surface area contributed by atoms with Crippen molar-refractivity contribution in [2.45, 2.75) is 81.8 Å². The van der Waals surface area contributed by atoms with Gasteiger partial charge in [-0.05, 0) is 75.6 Å². The molecule has 0 amide bonds. The van der Waals surface area contributed by atoms with Gasteiger partial charge in [0.2, 0.25) is 5.88 Å². The van der Waals surface area contributed by atoms with Gasteiger partial charge in [-0.2, -0.15) is 9.97 Å². The smallest absolute Gasteiger partial charge is 0.319 e. The predicted octanol–water partition coefficient (Wildman–Crippen LogP) is 4.96. The SMILES string of the molecule is C#Cc1c(F)ccc2cc(O)cc(-c3nc(OC)c4c(N5CC(CO)OCC(C)(O)C5)nc(OCC56CCCC5N(C5CC(OC)C5)CCC6)nc4c3F)c12. The molecule has 0 spiro atoms. The third-order valence-electron chi connectivity index (χ3n) is 12.2. The Morgan fingerprint density at radius 2 is 1.89 bits per heavy atom. The summed E-state index contributed by atoms with van der Waals surface area (Å²) in [7, 11) is 3.14. The van der Waals surface area contributed by atoms with Gasteiger partial charge >= 0.3 is 6.01 Å². The summed E-state index contributed by atoms with van der Waals surface area (Å²) in [6.45, 7) is 2.67. The number of hydrogen-bond acceptors (Lipinski definition) is 12. The van der Waals surface area contributed by atoms with Crippen molar-refractivity contribution in [2.75, 3.05) is 58.6 Å². The largest absolute Gasteiger partial charge is 0.508 e. The number of aliphatic hydroxyl groups excluding tert-OH is 1. The molecule has 55 heavy (non-hydrogen) atoms. The van der Waals surface area contributed by atoms with Crippen molar-refractivity contribution in [3.05, 3.63) is 41.5 Å². The molecule has 2 saturated heterocycles. The van der Waals surface area contributed by atoms with Crippen LogP contribution in [0.3, 0.4) is 0 Å². The Balaban J connectivity index is 1.27. The van der Waals surface area contributed by atoms with Crippen molar-refractivity contribution in [1.29, 1.82) is 0 Å². The number of terminal acetylenes is 1. The number of piperidine rings is 1. The van der Waals surface area contributed by atoms with Crippen molar-refractivity contribution >= 4 is 27.5 Å². The maximum atomic E-state index is 17.4. The Bertz CT molecular complexity index is 2160. The zero-order valence-electron chi connectivity index (χ0n) is 31.4. The van der Waals surface area contributed by atoms with Gasteiger partial charge in [0.1, 0.15) is 39.6 Å². The number of aliphatic hydroxyl groups is 2. The van der Waals surface area contributed by atoms with Gasteiger partial charge in [0, 0.05) is 42.1 Å². The molecule has 4 aliphatic rings. The number of anilines is 1. The first kappa shape index (κ1) is 37.5. The molecule has 2 aromatic carbocycles. The van der Waals surface area contributed by atoms with E-state index in [2.05, 4.69) is 20.8 Å². The number of nitrogens with zero attached hydrogens (tertiary/aromatic N) is 5. The first-order valence-electron chi connectivity index (χ1n) is 19.0. The zero-order valence-corrected chi connectivity index (χ0v) is 31.4. The second-order valence-corrected chi connectivity index (χ2v) is 15.9. The summed E-state index contributed by atoms with van der Waals surface area (Å²) >= 11 is 0. The van der Waals surface area contributed by atoms with Crippen molar-refractivity contribution < 1.29 is 43.0 Å². The first-order valence-corrected chi connectivity index (χ1v) is 19.0. The third kappa shape index (κ3) is 6.69. The molecule has 2 saturated carbocycles.